The predicted molar refractivity (Wildman–Crippen MR) is 103 cm³/mol. The Morgan fingerprint density at radius 1 is 1.12 bits per heavy atom. The summed E-state index contributed by atoms with van der Waals surface area (Å²) in [6, 6.07) is 16.3. The van der Waals surface area contributed by atoms with E-state index in [-0.39, 0.29) is 17.2 Å². The molecule has 0 radical (unpaired) electrons. The molecule has 1 aromatic heterocycles. The van der Waals surface area contributed by atoms with E-state index in [1.54, 1.807) is 18.2 Å². The van der Waals surface area contributed by atoms with E-state index in [1.165, 1.54) is 12.2 Å². The fourth-order valence-electron chi connectivity index (χ4n) is 2.68. The van der Waals surface area contributed by atoms with Crippen molar-refractivity contribution < 1.29 is 9.90 Å². The van der Waals surface area contributed by atoms with E-state index in [9.17, 15) is 14.7 Å². The zero-order valence-electron chi connectivity index (χ0n) is 14.2. The number of fused-ring (bicyclic) bond motifs is 1. The maximum Gasteiger partial charge on any atom is 0.255 e. The number of pyridine rings is 1. The molecular weight excluding hydrogens is 328 g/mol. The van der Waals surface area contributed by atoms with E-state index in [4.69, 9.17) is 0 Å². The first-order valence-electron chi connectivity index (χ1n) is 8.48. The van der Waals surface area contributed by atoms with E-state index in [1.807, 2.05) is 36.4 Å². The summed E-state index contributed by atoms with van der Waals surface area (Å²) < 4.78 is 0. The number of para-hydroxylation sites is 1. The number of nitrogens with one attached hydrogen (secondary N) is 2. The molecule has 0 aliphatic carbocycles. The standard InChI is InChI=1S/C21H20N2O3/c24-18-10-7-15(8-11-18)4-3-13-22-20(25)12-9-17-14-16-5-1-2-6-19(16)23-21(17)26/h1-2,5-12,14,24H,3-4,13H2,(H,22,25)(H,23,26)/b12-9+. The maximum atomic E-state index is 12.0. The molecule has 3 rings (SSSR count). The Bertz CT molecular complexity index is 988. The van der Waals surface area contributed by atoms with E-state index in [0.717, 1.165) is 29.3 Å². The van der Waals surface area contributed by atoms with Crippen molar-refractivity contribution in [1.82, 2.24) is 10.3 Å². The van der Waals surface area contributed by atoms with Gasteiger partial charge in [-0.15, -0.1) is 0 Å². The molecule has 5 nitrogen and oxygen atoms in total. The smallest absolute Gasteiger partial charge is 0.255 e. The first-order valence-corrected chi connectivity index (χ1v) is 8.48. The van der Waals surface area contributed by atoms with Crippen LogP contribution in [0.1, 0.15) is 17.5 Å². The summed E-state index contributed by atoms with van der Waals surface area (Å²) in [6.07, 6.45) is 4.51. The molecule has 1 amide bonds. The van der Waals surface area contributed by atoms with Crippen LogP contribution in [0.15, 0.2) is 65.5 Å². The van der Waals surface area contributed by atoms with Crippen molar-refractivity contribution in [3.05, 3.63) is 82.2 Å². The molecule has 5 heteroatoms. The molecule has 0 spiro atoms. The van der Waals surface area contributed by atoms with Crippen LogP contribution in [-0.4, -0.2) is 22.5 Å². The molecule has 3 aromatic rings. The molecule has 0 aliphatic heterocycles. The van der Waals surface area contributed by atoms with Crippen molar-refractivity contribution >= 4 is 22.9 Å². The van der Waals surface area contributed by atoms with E-state index >= 15 is 0 Å². The third kappa shape index (κ3) is 4.60. The van der Waals surface area contributed by atoms with Gasteiger partial charge in [0.05, 0.1) is 0 Å². The minimum atomic E-state index is -0.233. The number of carbonyl (C=O) groups is 1. The summed E-state index contributed by atoms with van der Waals surface area (Å²) in [5.74, 6) is 0.0131. The zero-order valence-corrected chi connectivity index (χ0v) is 14.2. The Kier molecular flexibility index (Phi) is 5.49. The van der Waals surface area contributed by atoms with Gasteiger partial charge in [-0.1, -0.05) is 30.3 Å². The predicted octanol–water partition coefficient (Wildman–Crippen LogP) is 3.00. The van der Waals surface area contributed by atoms with Crippen LogP contribution >= 0.6 is 0 Å². The number of phenolic OH excluding ortho intramolecular Hbond substituents is 1. The van der Waals surface area contributed by atoms with Crippen molar-refractivity contribution in [2.75, 3.05) is 6.54 Å². The van der Waals surface area contributed by atoms with Gasteiger partial charge in [-0.2, -0.15) is 0 Å². The summed E-state index contributed by atoms with van der Waals surface area (Å²) in [6.45, 7) is 0.540. The number of hydrogen-bond acceptors (Lipinski definition) is 3. The second-order valence-corrected chi connectivity index (χ2v) is 6.04. The summed E-state index contributed by atoms with van der Waals surface area (Å²) in [5.41, 5.74) is 2.10. The number of amides is 1. The van der Waals surface area contributed by atoms with Gasteiger partial charge in [-0.3, -0.25) is 9.59 Å². The van der Waals surface area contributed by atoms with Gasteiger partial charge in [0.1, 0.15) is 5.75 Å². The monoisotopic (exact) mass is 348 g/mol. The van der Waals surface area contributed by atoms with Crippen LogP contribution < -0.4 is 10.9 Å². The highest BCUT2D eigenvalue weighted by atomic mass is 16.3. The van der Waals surface area contributed by atoms with Crippen molar-refractivity contribution in [2.45, 2.75) is 12.8 Å². The van der Waals surface area contributed by atoms with Gasteiger partial charge in [-0.25, -0.2) is 0 Å². The van der Waals surface area contributed by atoms with Gasteiger partial charge < -0.3 is 15.4 Å². The maximum absolute atomic E-state index is 12.0. The van der Waals surface area contributed by atoms with Gasteiger partial charge in [-0.05, 0) is 54.1 Å². The minimum Gasteiger partial charge on any atom is -0.508 e. The number of H-pyrrole nitrogens is 1. The summed E-state index contributed by atoms with van der Waals surface area (Å²) in [5, 5.41) is 13.0. The minimum absolute atomic E-state index is 0.222. The van der Waals surface area contributed by atoms with Crippen LogP contribution in [0.4, 0.5) is 0 Å². The fraction of sp³-hybridized carbons (Fsp3) is 0.143. The topological polar surface area (TPSA) is 82.2 Å². The average Bonchev–Trinajstić information content (AvgIpc) is 2.65. The van der Waals surface area contributed by atoms with E-state index in [2.05, 4.69) is 10.3 Å². The number of carbonyl (C=O) groups excluding carboxylic acids is 1. The number of hydrogen-bond donors (Lipinski definition) is 3. The molecule has 0 atom stereocenters. The fourth-order valence-corrected chi connectivity index (χ4v) is 2.68. The Morgan fingerprint density at radius 3 is 2.69 bits per heavy atom. The quantitative estimate of drug-likeness (QED) is 0.473. The van der Waals surface area contributed by atoms with Gasteiger partial charge in [0.25, 0.3) is 5.56 Å². The number of benzene rings is 2. The Balaban J connectivity index is 1.52. The second-order valence-electron chi connectivity index (χ2n) is 6.04. The lowest BCUT2D eigenvalue weighted by Gasteiger charge is -2.03. The van der Waals surface area contributed by atoms with Crippen molar-refractivity contribution in [2.24, 2.45) is 0 Å². The zero-order chi connectivity index (χ0) is 18.4. The van der Waals surface area contributed by atoms with Crippen LogP contribution in [0, 0.1) is 0 Å². The Hall–Kier alpha value is -3.34. The average molecular weight is 348 g/mol. The summed E-state index contributed by atoms with van der Waals surface area (Å²) >= 11 is 0. The number of aromatic amines is 1. The van der Waals surface area contributed by atoms with Gasteiger partial charge in [0, 0.05) is 23.7 Å². The van der Waals surface area contributed by atoms with Crippen LogP contribution in [0.3, 0.4) is 0 Å². The highest BCUT2D eigenvalue weighted by Gasteiger charge is 2.01. The normalized spacial score (nSPS) is 11.1. The third-order valence-electron chi connectivity index (χ3n) is 4.07. The molecule has 0 fully saturated rings. The molecule has 1 heterocycles. The van der Waals surface area contributed by atoms with Crippen LogP contribution in [-0.2, 0) is 11.2 Å². The number of aromatic hydroxyl groups is 1. The van der Waals surface area contributed by atoms with Crippen LogP contribution in [0.25, 0.3) is 17.0 Å². The molecule has 0 unspecified atom stereocenters. The lowest BCUT2D eigenvalue weighted by atomic mass is 10.1. The van der Waals surface area contributed by atoms with Crippen molar-refractivity contribution in [3.8, 4) is 5.75 Å². The van der Waals surface area contributed by atoms with E-state index in [0.29, 0.717) is 12.1 Å². The number of aryl methyl sites for hydroxylation is 1. The van der Waals surface area contributed by atoms with Gasteiger partial charge in [0.2, 0.25) is 5.91 Å². The molecule has 0 bridgehead atoms. The lowest BCUT2D eigenvalue weighted by molar-refractivity contribution is -0.116. The van der Waals surface area contributed by atoms with Crippen LogP contribution in [0.5, 0.6) is 5.75 Å². The molecular formula is C21H20N2O3. The van der Waals surface area contributed by atoms with Gasteiger partial charge in [0.15, 0.2) is 0 Å². The largest absolute Gasteiger partial charge is 0.508 e. The highest BCUT2D eigenvalue weighted by Crippen LogP contribution is 2.11. The highest BCUT2D eigenvalue weighted by molar-refractivity contribution is 5.92. The molecule has 26 heavy (non-hydrogen) atoms. The molecule has 2 aromatic carbocycles. The molecule has 0 saturated carbocycles. The first kappa shape index (κ1) is 17.5. The molecule has 0 aliphatic rings. The van der Waals surface area contributed by atoms with Crippen LogP contribution in [0.2, 0.25) is 0 Å². The van der Waals surface area contributed by atoms with Gasteiger partial charge >= 0.3 is 0 Å². The first-order chi connectivity index (χ1) is 12.6. The Morgan fingerprint density at radius 2 is 1.88 bits per heavy atom. The summed E-state index contributed by atoms with van der Waals surface area (Å²) in [7, 11) is 0. The number of phenols is 1. The lowest BCUT2D eigenvalue weighted by Crippen LogP contribution is -2.22. The SMILES string of the molecule is O=C(/C=C/c1cc2ccccc2[nH]c1=O)NCCCc1ccc(O)cc1. The molecule has 132 valence electrons. The second kappa shape index (κ2) is 8.16. The number of aromatic nitrogens is 1. The molecule has 3 N–H and O–H groups in total. The number of rotatable bonds is 6. The Labute approximate surface area is 151 Å². The summed E-state index contributed by atoms with van der Waals surface area (Å²) in [4.78, 5) is 26.7. The van der Waals surface area contributed by atoms with Crippen molar-refractivity contribution in [1.29, 1.82) is 0 Å². The molecule has 0 saturated heterocycles. The van der Waals surface area contributed by atoms with E-state index < -0.39 is 0 Å². The third-order valence-corrected chi connectivity index (χ3v) is 4.07. The van der Waals surface area contributed by atoms with Crippen molar-refractivity contribution in [3.63, 3.8) is 0 Å².